The van der Waals surface area contributed by atoms with Crippen molar-refractivity contribution in [3.63, 3.8) is 0 Å². The third-order valence-electron chi connectivity index (χ3n) is 4.36. The summed E-state index contributed by atoms with van der Waals surface area (Å²) in [7, 11) is 0. The van der Waals surface area contributed by atoms with Gasteiger partial charge in [0.1, 0.15) is 0 Å². The van der Waals surface area contributed by atoms with Crippen LogP contribution in [0.3, 0.4) is 0 Å². The van der Waals surface area contributed by atoms with Crippen LogP contribution in [0.2, 0.25) is 0 Å². The first-order valence-electron chi connectivity index (χ1n) is 8.61. The van der Waals surface area contributed by atoms with Gasteiger partial charge in [-0.25, -0.2) is 0 Å². The summed E-state index contributed by atoms with van der Waals surface area (Å²) >= 11 is 5.41. The Kier molecular flexibility index (Phi) is 6.84. The Labute approximate surface area is 144 Å². The van der Waals surface area contributed by atoms with E-state index in [1.165, 1.54) is 32.1 Å². The van der Waals surface area contributed by atoms with Crippen molar-refractivity contribution in [1.29, 1.82) is 0 Å². The highest BCUT2D eigenvalue weighted by atomic mass is 32.1. The summed E-state index contributed by atoms with van der Waals surface area (Å²) in [6.45, 7) is 5.42. The van der Waals surface area contributed by atoms with Crippen LogP contribution in [0, 0.1) is 0 Å². The highest BCUT2D eigenvalue weighted by Gasteiger charge is 2.15. The highest BCUT2D eigenvalue weighted by Crippen LogP contribution is 2.18. The number of hydrogen-bond donors (Lipinski definition) is 2. The van der Waals surface area contributed by atoms with Gasteiger partial charge in [0.25, 0.3) is 5.91 Å². The van der Waals surface area contributed by atoms with Crippen LogP contribution in [0.1, 0.15) is 56.3 Å². The van der Waals surface area contributed by atoms with Crippen LogP contribution in [0.25, 0.3) is 0 Å². The molecule has 1 aliphatic rings. The zero-order valence-corrected chi connectivity index (χ0v) is 14.9. The largest absolute Gasteiger partial charge is 0.360 e. The molecule has 4 nitrogen and oxygen atoms in total. The van der Waals surface area contributed by atoms with E-state index in [4.69, 9.17) is 12.2 Å². The van der Waals surface area contributed by atoms with Crippen molar-refractivity contribution < 1.29 is 4.79 Å². The van der Waals surface area contributed by atoms with Gasteiger partial charge in [-0.05, 0) is 57.1 Å². The predicted octanol–water partition coefficient (Wildman–Crippen LogP) is 3.79. The molecule has 126 valence electrons. The van der Waals surface area contributed by atoms with E-state index in [2.05, 4.69) is 10.6 Å². The molecule has 2 N–H and O–H groups in total. The molecule has 0 aromatic heterocycles. The van der Waals surface area contributed by atoms with Gasteiger partial charge in [-0.15, -0.1) is 0 Å². The molecule has 0 bridgehead atoms. The summed E-state index contributed by atoms with van der Waals surface area (Å²) in [6, 6.07) is 8.03. The monoisotopic (exact) mass is 333 g/mol. The summed E-state index contributed by atoms with van der Waals surface area (Å²) in [6.07, 6.45) is 6.24. The number of amides is 1. The highest BCUT2D eigenvalue weighted by molar-refractivity contribution is 7.80. The first kappa shape index (κ1) is 17.7. The Morgan fingerprint density at radius 2 is 1.91 bits per heavy atom. The lowest BCUT2D eigenvalue weighted by molar-refractivity contribution is 0.0773. The average Bonchev–Trinajstić information content (AvgIpc) is 2.57. The Bertz CT molecular complexity index is 537. The van der Waals surface area contributed by atoms with Crippen LogP contribution in [-0.2, 0) is 0 Å². The van der Waals surface area contributed by atoms with E-state index >= 15 is 0 Å². The summed E-state index contributed by atoms with van der Waals surface area (Å²) in [4.78, 5) is 14.2. The van der Waals surface area contributed by atoms with Gasteiger partial charge >= 0.3 is 0 Å². The van der Waals surface area contributed by atoms with Gasteiger partial charge < -0.3 is 15.5 Å². The molecular formula is C18H27N3OS. The van der Waals surface area contributed by atoms with Crippen LogP contribution >= 0.6 is 12.2 Å². The lowest BCUT2D eigenvalue weighted by Crippen LogP contribution is -2.38. The number of nitrogens with one attached hydrogen (secondary N) is 2. The molecule has 2 rings (SSSR count). The van der Waals surface area contributed by atoms with Gasteiger partial charge in [-0.1, -0.05) is 25.3 Å². The number of benzene rings is 1. The molecule has 0 atom stereocenters. The molecular weight excluding hydrogens is 306 g/mol. The number of carbonyl (C=O) groups excluding carboxylic acids is 1. The van der Waals surface area contributed by atoms with Crippen LogP contribution in [-0.4, -0.2) is 35.1 Å². The quantitative estimate of drug-likeness (QED) is 0.805. The zero-order chi connectivity index (χ0) is 16.7. The van der Waals surface area contributed by atoms with Crippen molar-refractivity contribution in [3.05, 3.63) is 29.8 Å². The molecule has 0 radical (unpaired) electrons. The van der Waals surface area contributed by atoms with Crippen LogP contribution in [0.5, 0.6) is 0 Å². The Hall–Kier alpha value is -1.62. The summed E-state index contributed by atoms with van der Waals surface area (Å²) in [5.41, 5.74) is 1.55. The minimum Gasteiger partial charge on any atom is -0.360 e. The zero-order valence-electron chi connectivity index (χ0n) is 14.1. The van der Waals surface area contributed by atoms with Gasteiger partial charge in [0.2, 0.25) is 0 Å². The maximum absolute atomic E-state index is 12.4. The van der Waals surface area contributed by atoms with Crippen LogP contribution in [0.4, 0.5) is 5.69 Å². The molecule has 0 spiro atoms. The minimum absolute atomic E-state index is 0.0600. The molecule has 0 heterocycles. The van der Waals surface area contributed by atoms with Crippen molar-refractivity contribution in [2.45, 2.75) is 52.0 Å². The predicted molar refractivity (Wildman–Crippen MR) is 99.9 cm³/mol. The molecule has 23 heavy (non-hydrogen) atoms. The van der Waals surface area contributed by atoms with Crippen molar-refractivity contribution >= 4 is 28.9 Å². The molecule has 1 fully saturated rings. The topological polar surface area (TPSA) is 44.4 Å². The van der Waals surface area contributed by atoms with Crippen molar-refractivity contribution in [2.24, 2.45) is 0 Å². The molecule has 5 heteroatoms. The summed E-state index contributed by atoms with van der Waals surface area (Å²) in [5, 5.41) is 7.24. The Morgan fingerprint density at radius 3 is 2.57 bits per heavy atom. The van der Waals surface area contributed by atoms with Crippen LogP contribution < -0.4 is 10.6 Å². The smallest absolute Gasteiger partial charge is 0.253 e. The minimum atomic E-state index is 0.0600. The van der Waals surface area contributed by atoms with Gasteiger partial charge in [0.15, 0.2) is 5.11 Å². The normalized spacial score (nSPS) is 15.0. The molecule has 0 saturated heterocycles. The third kappa shape index (κ3) is 5.20. The van der Waals surface area contributed by atoms with E-state index in [0.717, 1.165) is 5.69 Å². The number of carbonyl (C=O) groups is 1. The first-order chi connectivity index (χ1) is 11.1. The molecule has 1 aromatic rings. The fourth-order valence-electron chi connectivity index (χ4n) is 3.02. The second-order valence-corrected chi connectivity index (χ2v) is 6.40. The van der Waals surface area contributed by atoms with Gasteiger partial charge in [-0.3, -0.25) is 4.79 Å². The lowest BCUT2D eigenvalue weighted by Gasteiger charge is -2.24. The van der Waals surface area contributed by atoms with E-state index in [1.807, 2.05) is 43.0 Å². The SMILES string of the molecule is CCN(CC)C(=O)c1cccc(NC(=S)NC2CCCCC2)c1. The molecule has 0 aliphatic heterocycles. The summed E-state index contributed by atoms with van der Waals surface area (Å²) < 4.78 is 0. The maximum Gasteiger partial charge on any atom is 0.253 e. The fraction of sp³-hybridized carbons (Fsp3) is 0.556. The number of anilines is 1. The van der Waals surface area contributed by atoms with E-state index in [-0.39, 0.29) is 5.91 Å². The Morgan fingerprint density at radius 1 is 1.22 bits per heavy atom. The Balaban J connectivity index is 1.96. The standard InChI is InChI=1S/C18H27N3OS/c1-3-21(4-2)17(22)14-9-8-12-16(13-14)20-18(23)19-15-10-6-5-7-11-15/h8-9,12-13,15H,3-7,10-11H2,1-2H3,(H2,19,20,23). The van der Waals surface area contributed by atoms with Crippen molar-refractivity contribution in [2.75, 3.05) is 18.4 Å². The molecule has 1 saturated carbocycles. The molecule has 1 aliphatic carbocycles. The van der Waals surface area contributed by atoms with Crippen LogP contribution in [0.15, 0.2) is 24.3 Å². The first-order valence-corrected chi connectivity index (χ1v) is 9.01. The van der Waals surface area contributed by atoms with E-state index in [0.29, 0.717) is 29.8 Å². The molecule has 1 aromatic carbocycles. The van der Waals surface area contributed by atoms with E-state index in [1.54, 1.807) is 0 Å². The number of hydrogen-bond acceptors (Lipinski definition) is 2. The van der Waals surface area contributed by atoms with Gasteiger partial charge in [-0.2, -0.15) is 0 Å². The fourth-order valence-corrected chi connectivity index (χ4v) is 3.31. The lowest BCUT2D eigenvalue weighted by atomic mass is 9.96. The number of rotatable bonds is 5. The van der Waals surface area contributed by atoms with Crippen molar-refractivity contribution in [3.8, 4) is 0 Å². The van der Waals surface area contributed by atoms with Gasteiger partial charge in [0, 0.05) is 30.4 Å². The van der Waals surface area contributed by atoms with E-state index < -0.39 is 0 Å². The summed E-state index contributed by atoms with van der Waals surface area (Å²) in [5.74, 6) is 0.0600. The van der Waals surface area contributed by atoms with Gasteiger partial charge in [0.05, 0.1) is 0 Å². The second kappa shape index (κ2) is 8.87. The number of nitrogens with zero attached hydrogens (tertiary/aromatic N) is 1. The molecule has 1 amide bonds. The number of thiocarbonyl (C=S) groups is 1. The third-order valence-corrected chi connectivity index (χ3v) is 4.58. The second-order valence-electron chi connectivity index (χ2n) is 5.99. The molecule has 0 unspecified atom stereocenters. The maximum atomic E-state index is 12.4. The van der Waals surface area contributed by atoms with Crippen molar-refractivity contribution in [1.82, 2.24) is 10.2 Å². The van der Waals surface area contributed by atoms with E-state index in [9.17, 15) is 4.79 Å². The average molecular weight is 334 g/mol.